The maximum atomic E-state index is 13.1. The van der Waals surface area contributed by atoms with Crippen molar-refractivity contribution in [1.29, 1.82) is 0 Å². The van der Waals surface area contributed by atoms with Gasteiger partial charge in [-0.3, -0.25) is 19.8 Å². The van der Waals surface area contributed by atoms with Gasteiger partial charge in [-0.05, 0) is 81.6 Å². The summed E-state index contributed by atoms with van der Waals surface area (Å²) in [5.74, 6) is -0.449. The number of hydrogen-bond acceptors (Lipinski definition) is 4. The Bertz CT molecular complexity index is 1340. The van der Waals surface area contributed by atoms with Gasteiger partial charge in [-0.25, -0.2) is 4.79 Å². The van der Waals surface area contributed by atoms with Crippen molar-refractivity contribution in [2.75, 3.05) is 0 Å². The summed E-state index contributed by atoms with van der Waals surface area (Å²) in [7, 11) is 0. The minimum atomic E-state index is -0.654. The molecule has 1 N–H and O–H groups in total. The smallest absolute Gasteiger partial charge is 0.331 e. The van der Waals surface area contributed by atoms with Crippen LogP contribution in [0.25, 0.3) is 16.8 Å². The second kappa shape index (κ2) is 10.2. The SMILES string of the molecule is O=C1NC(=O)N(C2CCCCC2)C(=O)C1=Cc1ccc(OCc2ccc3ccccc3c2)c(I)c1. The summed E-state index contributed by atoms with van der Waals surface area (Å²) < 4.78 is 6.90. The largest absolute Gasteiger partial charge is 0.488 e. The number of halogens is 1. The van der Waals surface area contributed by atoms with Gasteiger partial charge in [0.25, 0.3) is 11.8 Å². The lowest BCUT2D eigenvalue weighted by atomic mass is 9.93. The van der Waals surface area contributed by atoms with Gasteiger partial charge in [-0.1, -0.05) is 61.7 Å². The zero-order valence-electron chi connectivity index (χ0n) is 19.1. The monoisotopic (exact) mass is 580 g/mol. The van der Waals surface area contributed by atoms with Gasteiger partial charge in [0.15, 0.2) is 0 Å². The molecule has 4 amide bonds. The van der Waals surface area contributed by atoms with Gasteiger partial charge < -0.3 is 4.74 Å². The van der Waals surface area contributed by atoms with E-state index in [9.17, 15) is 14.4 Å². The van der Waals surface area contributed by atoms with Crippen LogP contribution in [0.4, 0.5) is 4.79 Å². The molecule has 2 aliphatic rings. The van der Waals surface area contributed by atoms with Gasteiger partial charge in [0, 0.05) is 6.04 Å². The van der Waals surface area contributed by atoms with E-state index in [2.05, 4.69) is 58.2 Å². The number of hydrogen-bond donors (Lipinski definition) is 1. The molecule has 0 bridgehead atoms. The molecule has 178 valence electrons. The number of urea groups is 1. The molecule has 1 saturated heterocycles. The number of fused-ring (bicyclic) bond motifs is 1. The molecule has 0 atom stereocenters. The maximum Gasteiger partial charge on any atom is 0.331 e. The summed E-state index contributed by atoms with van der Waals surface area (Å²) >= 11 is 2.19. The van der Waals surface area contributed by atoms with Crippen molar-refractivity contribution in [3.63, 3.8) is 0 Å². The number of carbonyl (C=O) groups is 3. The van der Waals surface area contributed by atoms with E-state index in [0.717, 1.165) is 47.0 Å². The molecule has 0 spiro atoms. The summed E-state index contributed by atoms with van der Waals surface area (Å²) in [5, 5.41) is 4.69. The number of benzene rings is 3. The van der Waals surface area contributed by atoms with E-state index in [0.29, 0.717) is 12.2 Å². The van der Waals surface area contributed by atoms with E-state index in [-0.39, 0.29) is 11.6 Å². The quantitative estimate of drug-likeness (QED) is 0.235. The fraction of sp³-hybridized carbons (Fsp3) is 0.250. The van der Waals surface area contributed by atoms with Crippen molar-refractivity contribution in [2.45, 2.75) is 44.8 Å². The molecule has 5 rings (SSSR count). The minimum Gasteiger partial charge on any atom is -0.488 e. The lowest BCUT2D eigenvalue weighted by Crippen LogP contribution is -2.58. The third kappa shape index (κ3) is 5.10. The fourth-order valence-corrected chi connectivity index (χ4v) is 5.42. The predicted octanol–water partition coefficient (Wildman–Crippen LogP) is 5.82. The van der Waals surface area contributed by atoms with Crippen LogP contribution < -0.4 is 10.1 Å². The standard InChI is InChI=1S/C28H25IN2O4/c29-24-16-18(11-13-25(24)35-17-19-10-12-20-6-4-5-7-21(20)14-19)15-23-26(32)30-28(34)31(27(23)33)22-8-2-1-3-9-22/h4-7,10-16,22H,1-3,8-9,17H2,(H,30,32,34). The van der Waals surface area contributed by atoms with Crippen LogP contribution in [0.5, 0.6) is 5.75 Å². The first-order valence-corrected chi connectivity index (χ1v) is 12.9. The fourth-order valence-electron chi connectivity index (χ4n) is 4.72. The molecule has 1 aliphatic heterocycles. The van der Waals surface area contributed by atoms with Gasteiger partial charge in [-0.2, -0.15) is 0 Å². The van der Waals surface area contributed by atoms with Crippen LogP contribution in [0.2, 0.25) is 0 Å². The number of rotatable bonds is 5. The highest BCUT2D eigenvalue weighted by atomic mass is 127. The van der Waals surface area contributed by atoms with Crippen LogP contribution in [-0.4, -0.2) is 28.8 Å². The van der Waals surface area contributed by atoms with Crippen molar-refractivity contribution in [3.05, 3.63) is 80.9 Å². The molecule has 0 radical (unpaired) electrons. The number of ether oxygens (including phenoxy) is 1. The van der Waals surface area contributed by atoms with Crippen LogP contribution in [0.15, 0.2) is 66.2 Å². The Morgan fingerprint density at radius 3 is 2.49 bits per heavy atom. The molecule has 0 unspecified atom stereocenters. The Kier molecular flexibility index (Phi) is 6.86. The number of barbiturate groups is 1. The molecular weight excluding hydrogens is 555 g/mol. The van der Waals surface area contributed by atoms with E-state index < -0.39 is 17.8 Å². The Hall–Kier alpha value is -3.20. The summed E-state index contributed by atoms with van der Waals surface area (Å²) in [5.41, 5.74) is 1.75. The minimum absolute atomic E-state index is 0.0178. The number of nitrogens with zero attached hydrogens (tertiary/aromatic N) is 1. The highest BCUT2D eigenvalue weighted by molar-refractivity contribution is 14.1. The topological polar surface area (TPSA) is 75.7 Å². The van der Waals surface area contributed by atoms with Crippen molar-refractivity contribution in [3.8, 4) is 5.75 Å². The molecule has 3 aromatic carbocycles. The van der Waals surface area contributed by atoms with Crippen molar-refractivity contribution in [1.82, 2.24) is 10.2 Å². The number of nitrogens with one attached hydrogen (secondary N) is 1. The van der Waals surface area contributed by atoms with Crippen molar-refractivity contribution >= 4 is 57.3 Å². The third-order valence-electron chi connectivity index (χ3n) is 6.55. The third-order valence-corrected chi connectivity index (χ3v) is 7.39. The van der Waals surface area contributed by atoms with E-state index in [1.807, 2.05) is 30.3 Å². The number of carbonyl (C=O) groups excluding carboxylic acids is 3. The van der Waals surface area contributed by atoms with Crippen LogP contribution >= 0.6 is 22.6 Å². The highest BCUT2D eigenvalue weighted by Crippen LogP contribution is 2.28. The van der Waals surface area contributed by atoms with Crippen molar-refractivity contribution in [2.24, 2.45) is 0 Å². The first-order valence-electron chi connectivity index (χ1n) is 11.8. The Morgan fingerprint density at radius 2 is 1.71 bits per heavy atom. The molecule has 1 saturated carbocycles. The highest BCUT2D eigenvalue weighted by Gasteiger charge is 2.40. The first-order chi connectivity index (χ1) is 17.0. The zero-order chi connectivity index (χ0) is 24.4. The Labute approximate surface area is 217 Å². The van der Waals surface area contributed by atoms with Gasteiger partial charge in [-0.15, -0.1) is 0 Å². The van der Waals surface area contributed by atoms with Crippen LogP contribution in [0, 0.1) is 3.57 Å². The molecule has 35 heavy (non-hydrogen) atoms. The normalized spacial score (nSPS) is 18.3. The van der Waals surface area contributed by atoms with E-state index in [1.54, 1.807) is 6.08 Å². The summed E-state index contributed by atoms with van der Waals surface area (Å²) in [6.07, 6.45) is 6.18. The van der Waals surface area contributed by atoms with Gasteiger partial charge >= 0.3 is 6.03 Å². The van der Waals surface area contributed by atoms with E-state index in [4.69, 9.17) is 4.74 Å². The zero-order valence-corrected chi connectivity index (χ0v) is 21.3. The van der Waals surface area contributed by atoms with Gasteiger partial charge in [0.2, 0.25) is 0 Å². The Balaban J connectivity index is 1.32. The lowest BCUT2D eigenvalue weighted by molar-refractivity contribution is -0.132. The van der Waals surface area contributed by atoms with E-state index >= 15 is 0 Å². The molecule has 1 aliphatic carbocycles. The number of imide groups is 2. The average molecular weight is 580 g/mol. The molecule has 7 heteroatoms. The van der Waals surface area contributed by atoms with Crippen LogP contribution in [0.3, 0.4) is 0 Å². The number of amides is 4. The lowest BCUT2D eigenvalue weighted by Gasteiger charge is -2.35. The molecule has 6 nitrogen and oxygen atoms in total. The van der Waals surface area contributed by atoms with Gasteiger partial charge in [0.1, 0.15) is 17.9 Å². The van der Waals surface area contributed by atoms with Crippen molar-refractivity contribution < 1.29 is 19.1 Å². The molecule has 2 fully saturated rings. The second-order valence-corrected chi connectivity index (χ2v) is 10.1. The second-order valence-electron chi connectivity index (χ2n) is 8.94. The summed E-state index contributed by atoms with van der Waals surface area (Å²) in [6.45, 7) is 0.431. The van der Waals surface area contributed by atoms with Crippen LogP contribution in [0.1, 0.15) is 43.2 Å². The molecular formula is C28H25IN2O4. The average Bonchev–Trinajstić information content (AvgIpc) is 2.86. The predicted molar refractivity (Wildman–Crippen MR) is 143 cm³/mol. The van der Waals surface area contributed by atoms with Crippen LogP contribution in [-0.2, 0) is 16.2 Å². The van der Waals surface area contributed by atoms with E-state index in [1.165, 1.54) is 15.7 Å². The van der Waals surface area contributed by atoms with Gasteiger partial charge in [0.05, 0.1) is 3.57 Å². The molecule has 0 aromatic heterocycles. The molecule has 1 heterocycles. The molecule has 3 aromatic rings. The Morgan fingerprint density at radius 1 is 0.943 bits per heavy atom. The summed E-state index contributed by atoms with van der Waals surface area (Å²) in [4.78, 5) is 39.2. The first kappa shape index (κ1) is 23.5. The maximum absolute atomic E-state index is 13.1. The summed E-state index contributed by atoms with van der Waals surface area (Å²) in [6, 6.07) is 19.2.